The first-order valence-electron chi connectivity index (χ1n) is 6.57. The van der Waals surface area contributed by atoms with Crippen molar-refractivity contribution in [3.05, 3.63) is 0 Å². The fourth-order valence-electron chi connectivity index (χ4n) is 0. The zero-order valence-electron chi connectivity index (χ0n) is 19.8. The first kappa shape index (κ1) is 80.8. The predicted molar refractivity (Wildman–Crippen MR) is 115 cm³/mol. The Bertz CT molecular complexity index is 215. The molecule has 0 unspecified atom stereocenters. The zero-order valence-corrected chi connectivity index (χ0v) is 19.8. The quantitative estimate of drug-likeness (QED) is 0.343. The highest BCUT2D eigenvalue weighted by atomic mass is 19.0. The molecule has 0 atom stereocenters. The van der Waals surface area contributed by atoms with Gasteiger partial charge in [0.15, 0.2) is 0 Å². The van der Waals surface area contributed by atoms with Crippen molar-refractivity contribution in [2.24, 2.45) is 61.4 Å². The van der Waals surface area contributed by atoms with Crippen LogP contribution in [0.15, 0.2) is 61.4 Å². The molecule has 192 valence electrons. The van der Waals surface area contributed by atoms with E-state index in [1.165, 1.54) is 0 Å². The van der Waals surface area contributed by atoms with Gasteiger partial charge in [-0.3, -0.25) is 28.2 Å². The van der Waals surface area contributed by atoms with Crippen LogP contribution in [0.3, 0.4) is 0 Å². The lowest BCUT2D eigenvalue weighted by Crippen LogP contribution is -1.38. The second kappa shape index (κ2) is 197. The topological polar surface area (TPSA) is 148 Å². The Morgan fingerprint density at radius 3 is 0.200 bits per heavy atom. The maximum Gasteiger partial charge on any atom is 0.0487 e. The SMILES string of the molecule is CN=NC.CN=NC.CN=NC.CN=NC.CN=NC.CN=NC.F.F.F.F.F.F. The standard InChI is InChI=1S/6C2H6N2.6FH/c6*1-3-4-2;;;;;;/h6*1-2H3;6*1H. The Morgan fingerprint density at radius 1 is 0.167 bits per heavy atom. The Labute approximate surface area is 175 Å². The van der Waals surface area contributed by atoms with E-state index in [9.17, 15) is 0 Å². The van der Waals surface area contributed by atoms with Gasteiger partial charge in [-0.1, -0.05) is 0 Å². The van der Waals surface area contributed by atoms with Crippen LogP contribution in [0.4, 0.5) is 28.2 Å². The summed E-state index contributed by atoms with van der Waals surface area (Å²) in [5, 5.41) is 40.3. The molecule has 0 amide bonds. The molecule has 0 aromatic rings. The number of azo groups is 6. The van der Waals surface area contributed by atoms with Crippen LogP contribution in [0.1, 0.15) is 0 Å². The maximum atomic E-state index is 3.36. The number of halogens is 6. The number of rotatable bonds is 0. The molecule has 0 aliphatic rings. The molecule has 12 nitrogen and oxygen atoms in total. The second-order valence-corrected chi connectivity index (χ2v) is 2.40. The third-order valence-corrected chi connectivity index (χ3v) is 1.20. The van der Waals surface area contributed by atoms with E-state index >= 15 is 0 Å². The Kier molecular flexibility index (Phi) is 531. The highest BCUT2D eigenvalue weighted by molar-refractivity contribution is 3.98. The minimum atomic E-state index is 0. The van der Waals surface area contributed by atoms with Crippen molar-refractivity contribution in [2.75, 3.05) is 84.6 Å². The number of hydrogen-bond acceptors (Lipinski definition) is 12. The lowest BCUT2D eigenvalue weighted by molar-refractivity contribution is 1.11. The smallest absolute Gasteiger partial charge is 0.0487 e. The summed E-state index contributed by atoms with van der Waals surface area (Å²) < 4.78 is 0. The molecule has 0 aliphatic carbocycles. The van der Waals surface area contributed by atoms with Crippen LogP contribution in [0.5, 0.6) is 0 Å². The molecule has 30 heavy (non-hydrogen) atoms. The molecule has 18 heteroatoms. The van der Waals surface area contributed by atoms with Crippen molar-refractivity contribution >= 4 is 0 Å². The third kappa shape index (κ3) is 1460. The first-order valence-corrected chi connectivity index (χ1v) is 6.57. The van der Waals surface area contributed by atoms with Gasteiger partial charge in [-0.15, -0.1) is 0 Å². The zero-order chi connectivity index (χ0) is 20.5. The van der Waals surface area contributed by atoms with Crippen LogP contribution in [0.25, 0.3) is 0 Å². The van der Waals surface area contributed by atoms with Gasteiger partial charge in [-0.2, -0.15) is 61.4 Å². The van der Waals surface area contributed by atoms with Gasteiger partial charge in [0.2, 0.25) is 0 Å². The van der Waals surface area contributed by atoms with Gasteiger partial charge in [-0.05, 0) is 0 Å². The summed E-state index contributed by atoms with van der Waals surface area (Å²) in [5.41, 5.74) is 0. The lowest BCUT2D eigenvalue weighted by atomic mass is 11.5. The lowest BCUT2D eigenvalue weighted by Gasteiger charge is -1.54. The third-order valence-electron chi connectivity index (χ3n) is 1.20. The van der Waals surface area contributed by atoms with Crippen LogP contribution in [-0.2, 0) is 0 Å². The van der Waals surface area contributed by atoms with Crippen molar-refractivity contribution in [2.45, 2.75) is 0 Å². The van der Waals surface area contributed by atoms with E-state index in [0.29, 0.717) is 0 Å². The summed E-state index contributed by atoms with van der Waals surface area (Å²) in [6, 6.07) is 0. The molecule has 0 spiro atoms. The van der Waals surface area contributed by atoms with Gasteiger partial charge in [0, 0.05) is 84.6 Å². The van der Waals surface area contributed by atoms with E-state index in [2.05, 4.69) is 61.4 Å². The van der Waals surface area contributed by atoms with Crippen molar-refractivity contribution in [1.29, 1.82) is 0 Å². The van der Waals surface area contributed by atoms with E-state index in [4.69, 9.17) is 0 Å². The highest BCUT2D eigenvalue weighted by Gasteiger charge is 1.33. The summed E-state index contributed by atoms with van der Waals surface area (Å²) in [5.74, 6) is 0. The van der Waals surface area contributed by atoms with Gasteiger partial charge >= 0.3 is 0 Å². The molecule has 0 aromatic carbocycles. The Hall–Kier alpha value is -2.82. The normalized spacial score (nSPS) is 7.60. The summed E-state index contributed by atoms with van der Waals surface area (Å²) in [6.07, 6.45) is 0. The fourth-order valence-corrected chi connectivity index (χ4v) is 0. The molecule has 0 aromatic heterocycles. The van der Waals surface area contributed by atoms with Crippen molar-refractivity contribution in [3.63, 3.8) is 0 Å². The molecule has 0 radical (unpaired) electrons. The van der Waals surface area contributed by atoms with Gasteiger partial charge in [0.1, 0.15) is 0 Å². The van der Waals surface area contributed by atoms with Gasteiger partial charge in [0.25, 0.3) is 0 Å². The van der Waals surface area contributed by atoms with E-state index in [0.717, 1.165) is 0 Å². The molecule has 0 rings (SSSR count). The molecular weight excluding hydrogens is 426 g/mol. The molecule has 0 saturated heterocycles. The predicted octanol–water partition coefficient (Wildman–Crippen LogP) is 5.10. The average molecular weight is 469 g/mol. The monoisotopic (exact) mass is 468 g/mol. The molecule has 0 aliphatic heterocycles. The summed E-state index contributed by atoms with van der Waals surface area (Å²) in [6.45, 7) is 0. The molecule has 0 fully saturated rings. The molecular formula is C12H42F6N12. The van der Waals surface area contributed by atoms with Gasteiger partial charge < -0.3 is 0 Å². The Balaban J connectivity index is -0.0000000125. The second-order valence-electron chi connectivity index (χ2n) is 2.40. The van der Waals surface area contributed by atoms with Crippen LogP contribution < -0.4 is 0 Å². The van der Waals surface area contributed by atoms with E-state index in [-0.39, 0.29) is 28.2 Å². The van der Waals surface area contributed by atoms with Crippen molar-refractivity contribution < 1.29 is 28.2 Å². The van der Waals surface area contributed by atoms with E-state index in [1.54, 1.807) is 84.6 Å². The van der Waals surface area contributed by atoms with Crippen molar-refractivity contribution in [1.82, 2.24) is 0 Å². The molecule has 0 heterocycles. The summed E-state index contributed by atoms with van der Waals surface area (Å²) >= 11 is 0. The van der Waals surface area contributed by atoms with Gasteiger partial charge in [-0.25, -0.2) is 0 Å². The van der Waals surface area contributed by atoms with E-state index in [1.807, 2.05) is 0 Å². The van der Waals surface area contributed by atoms with Gasteiger partial charge in [0.05, 0.1) is 0 Å². The molecule has 0 saturated carbocycles. The van der Waals surface area contributed by atoms with Crippen molar-refractivity contribution in [3.8, 4) is 0 Å². The minimum Gasteiger partial charge on any atom is -0.269 e. The van der Waals surface area contributed by atoms with Crippen LogP contribution in [-0.4, -0.2) is 84.6 Å². The van der Waals surface area contributed by atoms with Crippen LogP contribution in [0.2, 0.25) is 0 Å². The largest absolute Gasteiger partial charge is 0.269 e. The Morgan fingerprint density at radius 2 is 0.200 bits per heavy atom. The summed E-state index contributed by atoms with van der Waals surface area (Å²) in [7, 11) is 19.7. The molecule has 0 N–H and O–H groups in total. The van der Waals surface area contributed by atoms with Crippen LogP contribution >= 0.6 is 0 Å². The number of nitrogens with zero attached hydrogens (tertiary/aromatic N) is 12. The van der Waals surface area contributed by atoms with E-state index < -0.39 is 0 Å². The first-order chi connectivity index (χ1) is 11.5. The summed E-state index contributed by atoms with van der Waals surface area (Å²) in [4.78, 5) is 0. The maximum absolute atomic E-state index is 3.36. The fraction of sp³-hybridized carbons (Fsp3) is 1.00. The average Bonchev–Trinajstić information content (AvgIpc) is 2.68. The minimum absolute atomic E-state index is 0. The number of hydrogen-bond donors (Lipinski definition) is 0. The molecule has 0 bridgehead atoms. The van der Waals surface area contributed by atoms with Crippen LogP contribution in [0, 0.1) is 0 Å². The highest BCUT2D eigenvalue weighted by Crippen LogP contribution is 1.50.